The summed E-state index contributed by atoms with van der Waals surface area (Å²) in [6.45, 7) is 4.32. The first-order valence-corrected chi connectivity index (χ1v) is 6.57. The van der Waals surface area contributed by atoms with Crippen LogP contribution in [0.15, 0.2) is 18.2 Å². The first-order valence-electron chi connectivity index (χ1n) is 6.19. The van der Waals surface area contributed by atoms with Crippen LogP contribution >= 0.6 is 11.6 Å². The van der Waals surface area contributed by atoms with Crippen LogP contribution in [0.25, 0.3) is 0 Å². The number of benzene rings is 1. The van der Waals surface area contributed by atoms with E-state index in [0.717, 1.165) is 24.7 Å². The van der Waals surface area contributed by atoms with Crippen molar-refractivity contribution in [2.45, 2.75) is 26.2 Å². The molecule has 0 bridgehead atoms. The highest BCUT2D eigenvalue weighted by Crippen LogP contribution is 2.31. The molecule has 2 rings (SSSR count). The van der Waals surface area contributed by atoms with Crippen molar-refractivity contribution >= 4 is 17.3 Å². The minimum Gasteiger partial charge on any atom is -0.370 e. The second kappa shape index (κ2) is 5.42. The van der Waals surface area contributed by atoms with Gasteiger partial charge in [-0.25, -0.2) is 0 Å². The molecule has 3 heteroatoms. The maximum absolute atomic E-state index is 9.17. The molecule has 1 aromatic carbocycles. The molecule has 1 heterocycles. The standard InChI is InChI=1S/C14H17ClN2/c1-2-4-11-7-8-17(10-11)14-6-3-5-13(15)12(14)9-16/h3,5-6,11H,2,4,7-8,10H2,1H3. The Hall–Kier alpha value is -1.20. The number of nitrogens with zero attached hydrogens (tertiary/aromatic N) is 2. The summed E-state index contributed by atoms with van der Waals surface area (Å²) in [6, 6.07) is 7.92. The van der Waals surface area contributed by atoms with E-state index in [0.29, 0.717) is 10.6 Å². The molecule has 0 aromatic heterocycles. The molecule has 0 radical (unpaired) electrons. The van der Waals surface area contributed by atoms with Gasteiger partial charge in [-0.05, 0) is 30.9 Å². The lowest BCUT2D eigenvalue weighted by Crippen LogP contribution is -2.20. The van der Waals surface area contributed by atoms with E-state index >= 15 is 0 Å². The summed E-state index contributed by atoms with van der Waals surface area (Å²) in [6.07, 6.45) is 3.74. The molecule has 1 aliphatic rings. The van der Waals surface area contributed by atoms with Crippen molar-refractivity contribution in [3.05, 3.63) is 28.8 Å². The van der Waals surface area contributed by atoms with Gasteiger partial charge in [0.2, 0.25) is 0 Å². The Balaban J connectivity index is 2.19. The summed E-state index contributed by atoms with van der Waals surface area (Å²) in [5, 5.41) is 9.73. The van der Waals surface area contributed by atoms with Gasteiger partial charge in [0, 0.05) is 13.1 Å². The van der Waals surface area contributed by atoms with Crippen molar-refractivity contribution in [1.29, 1.82) is 5.26 Å². The van der Waals surface area contributed by atoms with Crippen LogP contribution in [0, 0.1) is 17.2 Å². The molecule has 17 heavy (non-hydrogen) atoms. The number of nitriles is 1. The molecule has 0 N–H and O–H groups in total. The number of hydrogen-bond acceptors (Lipinski definition) is 2. The lowest BCUT2D eigenvalue weighted by Gasteiger charge is -2.20. The van der Waals surface area contributed by atoms with E-state index in [1.807, 2.05) is 12.1 Å². The fourth-order valence-corrected chi connectivity index (χ4v) is 2.79. The van der Waals surface area contributed by atoms with Crippen molar-refractivity contribution in [2.24, 2.45) is 5.92 Å². The topological polar surface area (TPSA) is 27.0 Å². The van der Waals surface area contributed by atoms with E-state index in [1.165, 1.54) is 19.3 Å². The highest BCUT2D eigenvalue weighted by atomic mass is 35.5. The number of anilines is 1. The molecule has 1 unspecified atom stereocenters. The molecule has 1 saturated heterocycles. The highest BCUT2D eigenvalue weighted by Gasteiger charge is 2.24. The zero-order chi connectivity index (χ0) is 12.3. The van der Waals surface area contributed by atoms with Crippen molar-refractivity contribution in [3.8, 4) is 6.07 Å². The second-order valence-corrected chi connectivity index (χ2v) is 5.04. The SMILES string of the molecule is CCCC1CCN(c2cccc(Cl)c2C#N)C1. The Bertz CT molecular complexity index is 436. The molecule has 0 saturated carbocycles. The summed E-state index contributed by atoms with van der Waals surface area (Å²) >= 11 is 6.06. The lowest BCUT2D eigenvalue weighted by atomic mass is 10.0. The second-order valence-electron chi connectivity index (χ2n) is 4.64. The molecular formula is C14H17ClN2. The van der Waals surface area contributed by atoms with Crippen LogP contribution in [0.3, 0.4) is 0 Å². The van der Waals surface area contributed by atoms with Gasteiger partial charge in [-0.1, -0.05) is 31.0 Å². The Kier molecular flexibility index (Phi) is 3.91. The van der Waals surface area contributed by atoms with Crippen LogP contribution in [0.5, 0.6) is 0 Å². The van der Waals surface area contributed by atoms with Crippen LogP contribution in [-0.2, 0) is 0 Å². The van der Waals surface area contributed by atoms with E-state index in [9.17, 15) is 0 Å². The van der Waals surface area contributed by atoms with E-state index in [1.54, 1.807) is 6.07 Å². The molecule has 1 atom stereocenters. The molecule has 1 aromatic rings. The maximum Gasteiger partial charge on any atom is 0.103 e. The van der Waals surface area contributed by atoms with Gasteiger partial charge >= 0.3 is 0 Å². The molecule has 1 fully saturated rings. The summed E-state index contributed by atoms with van der Waals surface area (Å²) in [5.74, 6) is 0.769. The van der Waals surface area contributed by atoms with Gasteiger partial charge in [-0.2, -0.15) is 5.26 Å². The third kappa shape index (κ3) is 2.56. The molecule has 90 valence electrons. The highest BCUT2D eigenvalue weighted by molar-refractivity contribution is 6.32. The minimum absolute atomic E-state index is 0.559. The van der Waals surface area contributed by atoms with Crippen LogP contribution in [0.4, 0.5) is 5.69 Å². The van der Waals surface area contributed by atoms with E-state index in [4.69, 9.17) is 16.9 Å². The van der Waals surface area contributed by atoms with Crippen molar-refractivity contribution in [1.82, 2.24) is 0 Å². The van der Waals surface area contributed by atoms with Crippen LogP contribution in [-0.4, -0.2) is 13.1 Å². The molecule has 0 aliphatic carbocycles. The first-order chi connectivity index (χ1) is 8.26. The number of hydrogen-bond donors (Lipinski definition) is 0. The fourth-order valence-electron chi connectivity index (χ4n) is 2.58. The monoisotopic (exact) mass is 248 g/mol. The van der Waals surface area contributed by atoms with Crippen molar-refractivity contribution in [3.63, 3.8) is 0 Å². The van der Waals surface area contributed by atoms with Gasteiger partial charge in [-0.15, -0.1) is 0 Å². The van der Waals surface area contributed by atoms with Gasteiger partial charge in [0.05, 0.1) is 16.3 Å². The smallest absolute Gasteiger partial charge is 0.103 e. The summed E-state index contributed by atoms with van der Waals surface area (Å²) in [5.41, 5.74) is 1.62. The molecule has 2 nitrogen and oxygen atoms in total. The van der Waals surface area contributed by atoms with E-state index in [-0.39, 0.29) is 0 Å². The van der Waals surface area contributed by atoms with Crippen LogP contribution in [0.2, 0.25) is 5.02 Å². The lowest BCUT2D eigenvalue weighted by molar-refractivity contribution is 0.530. The third-order valence-corrected chi connectivity index (χ3v) is 3.74. The predicted molar refractivity (Wildman–Crippen MR) is 71.4 cm³/mol. The molecular weight excluding hydrogens is 232 g/mol. The molecule has 1 aliphatic heterocycles. The Labute approximate surface area is 108 Å². The van der Waals surface area contributed by atoms with Gasteiger partial charge in [-0.3, -0.25) is 0 Å². The Morgan fingerprint density at radius 2 is 2.35 bits per heavy atom. The summed E-state index contributed by atoms with van der Waals surface area (Å²) in [7, 11) is 0. The zero-order valence-corrected chi connectivity index (χ0v) is 10.9. The summed E-state index contributed by atoms with van der Waals surface area (Å²) < 4.78 is 0. The van der Waals surface area contributed by atoms with Crippen LogP contribution < -0.4 is 4.90 Å². The zero-order valence-electron chi connectivity index (χ0n) is 10.1. The van der Waals surface area contributed by atoms with Gasteiger partial charge < -0.3 is 4.90 Å². The van der Waals surface area contributed by atoms with Crippen LogP contribution in [0.1, 0.15) is 31.7 Å². The maximum atomic E-state index is 9.17. The predicted octanol–water partition coefficient (Wildman–Crippen LogP) is 3.84. The Morgan fingerprint density at radius 3 is 3.06 bits per heavy atom. The van der Waals surface area contributed by atoms with Crippen molar-refractivity contribution < 1.29 is 0 Å². The van der Waals surface area contributed by atoms with E-state index in [2.05, 4.69) is 17.9 Å². The minimum atomic E-state index is 0.559. The Morgan fingerprint density at radius 1 is 1.53 bits per heavy atom. The largest absolute Gasteiger partial charge is 0.370 e. The third-order valence-electron chi connectivity index (χ3n) is 3.43. The average molecular weight is 249 g/mol. The number of halogens is 1. The van der Waals surface area contributed by atoms with Gasteiger partial charge in [0.25, 0.3) is 0 Å². The van der Waals surface area contributed by atoms with Gasteiger partial charge in [0.15, 0.2) is 0 Å². The number of rotatable bonds is 3. The quantitative estimate of drug-likeness (QED) is 0.813. The normalized spacial score (nSPS) is 19.4. The summed E-state index contributed by atoms with van der Waals surface area (Å²) in [4.78, 5) is 2.30. The van der Waals surface area contributed by atoms with E-state index < -0.39 is 0 Å². The first kappa shape index (κ1) is 12.3. The molecule has 0 spiro atoms. The molecule has 0 amide bonds. The fraction of sp³-hybridized carbons (Fsp3) is 0.500. The average Bonchev–Trinajstić information content (AvgIpc) is 2.78. The van der Waals surface area contributed by atoms with Crippen molar-refractivity contribution in [2.75, 3.05) is 18.0 Å². The van der Waals surface area contributed by atoms with Gasteiger partial charge in [0.1, 0.15) is 6.07 Å².